The van der Waals surface area contributed by atoms with E-state index in [0.29, 0.717) is 0 Å². The summed E-state index contributed by atoms with van der Waals surface area (Å²) in [5, 5.41) is 35.3. The zero-order valence-electron chi connectivity index (χ0n) is 16.0. The Labute approximate surface area is 171 Å². The monoisotopic (exact) mass is 412 g/mol. The average Bonchev–Trinajstić information content (AvgIpc) is 2.66. The van der Waals surface area contributed by atoms with E-state index in [2.05, 4.69) is 22.9 Å². The summed E-state index contributed by atoms with van der Waals surface area (Å²) >= 11 is 5.43. The second kappa shape index (κ2) is 13.6. The highest BCUT2D eigenvalue weighted by Crippen LogP contribution is 2.24. The molecule has 2 atom stereocenters. The molecular formula is C18H28N4O3S2. The number of thioether (sulfide) groups is 1. The highest BCUT2D eigenvalue weighted by molar-refractivity contribution is 8.13. The molecule has 0 aliphatic heterocycles. The number of nitriles is 2. The molecule has 27 heavy (non-hydrogen) atoms. The highest BCUT2D eigenvalue weighted by atomic mass is 32.2. The standard InChI is InChI=1S/C18H28N4O3S2/c1-17(13-19,9-7-15(23)24)21-22-18(2,14-20)10-8-16(25)27-12-6-4-3-5-11-26/h26H,3-12H2,1-2H3,(H,23,24). The Kier molecular flexibility index (Phi) is 12.8. The summed E-state index contributed by atoms with van der Waals surface area (Å²) in [5.74, 6) is 0.620. The number of azo groups is 1. The molecular weight excluding hydrogens is 384 g/mol. The van der Waals surface area contributed by atoms with Crippen LogP contribution in [0.25, 0.3) is 0 Å². The number of hydrogen-bond acceptors (Lipinski definition) is 8. The summed E-state index contributed by atoms with van der Waals surface area (Å²) < 4.78 is 0. The number of unbranched alkanes of at least 4 members (excludes halogenated alkanes) is 3. The molecule has 0 amide bonds. The van der Waals surface area contributed by atoms with Crippen molar-refractivity contribution in [3.8, 4) is 12.1 Å². The largest absolute Gasteiger partial charge is 0.481 e. The Balaban J connectivity index is 4.50. The van der Waals surface area contributed by atoms with Crippen LogP contribution in [0.2, 0.25) is 0 Å². The van der Waals surface area contributed by atoms with Gasteiger partial charge in [-0.25, -0.2) is 0 Å². The molecule has 0 radical (unpaired) electrons. The third-order valence-electron chi connectivity index (χ3n) is 3.93. The van der Waals surface area contributed by atoms with Crippen LogP contribution in [0.15, 0.2) is 10.2 Å². The minimum Gasteiger partial charge on any atom is -0.481 e. The molecule has 0 heterocycles. The number of aliphatic carboxylic acids is 1. The number of carboxylic acids is 1. The molecule has 0 aromatic carbocycles. The molecule has 0 saturated heterocycles. The van der Waals surface area contributed by atoms with E-state index < -0.39 is 17.0 Å². The molecule has 1 N–H and O–H groups in total. The fourth-order valence-corrected chi connectivity index (χ4v) is 3.04. The van der Waals surface area contributed by atoms with Gasteiger partial charge in [0.2, 0.25) is 0 Å². The fraction of sp³-hybridized carbons (Fsp3) is 0.778. The van der Waals surface area contributed by atoms with Gasteiger partial charge in [0.25, 0.3) is 0 Å². The topological polar surface area (TPSA) is 127 Å². The smallest absolute Gasteiger partial charge is 0.303 e. The van der Waals surface area contributed by atoms with Gasteiger partial charge < -0.3 is 5.11 Å². The van der Waals surface area contributed by atoms with Crippen LogP contribution >= 0.6 is 24.4 Å². The normalized spacial score (nSPS) is 15.4. The summed E-state index contributed by atoms with van der Waals surface area (Å²) in [6.45, 7) is 3.03. The number of nitrogens with zero attached hydrogens (tertiary/aromatic N) is 4. The van der Waals surface area contributed by atoms with Crippen LogP contribution in [0.4, 0.5) is 0 Å². The molecule has 0 spiro atoms. The summed E-state index contributed by atoms with van der Waals surface area (Å²) in [6.07, 6.45) is 4.45. The second-order valence-corrected chi connectivity index (χ2v) is 8.32. The number of thiol groups is 1. The first kappa shape index (κ1) is 25.4. The van der Waals surface area contributed by atoms with E-state index in [1.54, 1.807) is 6.92 Å². The summed E-state index contributed by atoms with van der Waals surface area (Å²) in [6, 6.07) is 3.97. The van der Waals surface area contributed by atoms with Gasteiger partial charge in [-0.1, -0.05) is 24.6 Å². The Hall–Kier alpha value is -1.58. The Morgan fingerprint density at radius 1 is 1.00 bits per heavy atom. The van der Waals surface area contributed by atoms with E-state index in [1.165, 1.54) is 18.7 Å². The van der Waals surface area contributed by atoms with Gasteiger partial charge in [0.1, 0.15) is 0 Å². The highest BCUT2D eigenvalue weighted by Gasteiger charge is 2.29. The first-order chi connectivity index (χ1) is 12.7. The van der Waals surface area contributed by atoms with Crippen LogP contribution in [-0.4, -0.2) is 38.8 Å². The average molecular weight is 413 g/mol. The molecule has 0 fully saturated rings. The van der Waals surface area contributed by atoms with Crippen LogP contribution in [0.5, 0.6) is 0 Å². The molecule has 0 aliphatic carbocycles. The van der Waals surface area contributed by atoms with Crippen LogP contribution in [0.3, 0.4) is 0 Å². The van der Waals surface area contributed by atoms with Crippen molar-refractivity contribution in [1.82, 2.24) is 0 Å². The van der Waals surface area contributed by atoms with Crippen LogP contribution in [-0.2, 0) is 9.59 Å². The quantitative estimate of drug-likeness (QED) is 0.247. The van der Waals surface area contributed by atoms with Crippen molar-refractivity contribution in [2.75, 3.05) is 11.5 Å². The lowest BCUT2D eigenvalue weighted by Gasteiger charge is -2.18. The Morgan fingerprint density at radius 2 is 1.52 bits per heavy atom. The molecule has 0 rings (SSSR count). The van der Waals surface area contributed by atoms with E-state index in [1.807, 2.05) is 12.1 Å². The van der Waals surface area contributed by atoms with Gasteiger partial charge in [-0.2, -0.15) is 33.4 Å². The van der Waals surface area contributed by atoms with Gasteiger partial charge in [-0.3, -0.25) is 9.59 Å². The summed E-state index contributed by atoms with van der Waals surface area (Å²) in [5.41, 5.74) is -2.52. The number of carboxylic acid groups (broad SMARTS) is 1. The predicted octanol–water partition coefficient (Wildman–Crippen LogP) is 4.40. The summed E-state index contributed by atoms with van der Waals surface area (Å²) in [7, 11) is 0. The van der Waals surface area contributed by atoms with Gasteiger partial charge >= 0.3 is 5.97 Å². The van der Waals surface area contributed by atoms with Gasteiger partial charge in [0.15, 0.2) is 16.2 Å². The molecule has 2 unspecified atom stereocenters. The van der Waals surface area contributed by atoms with Crippen molar-refractivity contribution in [3.63, 3.8) is 0 Å². The number of rotatable bonds is 14. The lowest BCUT2D eigenvalue weighted by Crippen LogP contribution is -2.25. The minimum absolute atomic E-state index is 0.00580. The molecule has 9 heteroatoms. The molecule has 7 nitrogen and oxygen atoms in total. The zero-order chi connectivity index (χ0) is 20.8. The summed E-state index contributed by atoms with van der Waals surface area (Å²) in [4.78, 5) is 22.7. The van der Waals surface area contributed by atoms with Crippen molar-refractivity contribution in [3.05, 3.63) is 0 Å². The number of carbonyl (C=O) groups excluding carboxylic acids is 1. The maximum absolute atomic E-state index is 12.0. The van der Waals surface area contributed by atoms with Crippen molar-refractivity contribution >= 4 is 35.5 Å². The van der Waals surface area contributed by atoms with E-state index in [-0.39, 0.29) is 30.8 Å². The van der Waals surface area contributed by atoms with E-state index >= 15 is 0 Å². The minimum atomic E-state index is -1.30. The van der Waals surface area contributed by atoms with E-state index in [4.69, 9.17) is 5.11 Å². The van der Waals surface area contributed by atoms with Crippen molar-refractivity contribution in [1.29, 1.82) is 10.5 Å². The predicted molar refractivity (Wildman–Crippen MR) is 109 cm³/mol. The number of hydrogen-bond donors (Lipinski definition) is 2. The second-order valence-electron chi connectivity index (χ2n) is 6.72. The van der Waals surface area contributed by atoms with E-state index in [9.17, 15) is 20.1 Å². The first-order valence-corrected chi connectivity index (χ1v) is 10.6. The van der Waals surface area contributed by atoms with Gasteiger partial charge in [-0.15, -0.1) is 0 Å². The van der Waals surface area contributed by atoms with Crippen LogP contribution in [0, 0.1) is 22.7 Å². The number of carbonyl (C=O) groups is 2. The molecule has 0 bridgehead atoms. The van der Waals surface area contributed by atoms with Gasteiger partial charge in [0, 0.05) is 18.6 Å². The van der Waals surface area contributed by atoms with Crippen LogP contribution in [0.1, 0.15) is 65.2 Å². The van der Waals surface area contributed by atoms with Crippen molar-refractivity contribution in [2.45, 2.75) is 76.3 Å². The fourth-order valence-electron chi connectivity index (χ4n) is 2.00. The molecule has 0 aliphatic rings. The lowest BCUT2D eigenvalue weighted by molar-refractivity contribution is -0.137. The van der Waals surface area contributed by atoms with Gasteiger partial charge in [0.05, 0.1) is 12.1 Å². The third kappa shape index (κ3) is 12.4. The molecule has 0 aromatic rings. The molecule has 0 saturated carbocycles. The molecule has 0 aromatic heterocycles. The SMILES string of the molecule is CC(C#N)(CCC(=O)O)N=NC(C)(C#N)CCC(=O)SCCCCCCS. The Bertz CT molecular complexity index is 600. The first-order valence-electron chi connectivity index (χ1n) is 8.95. The maximum Gasteiger partial charge on any atom is 0.303 e. The Morgan fingerprint density at radius 3 is 2.00 bits per heavy atom. The zero-order valence-corrected chi connectivity index (χ0v) is 17.7. The van der Waals surface area contributed by atoms with E-state index in [0.717, 1.165) is 37.2 Å². The van der Waals surface area contributed by atoms with Crippen LogP contribution < -0.4 is 0 Å². The lowest BCUT2D eigenvalue weighted by atomic mass is 9.98. The maximum atomic E-state index is 12.0. The van der Waals surface area contributed by atoms with Crippen molar-refractivity contribution < 1.29 is 14.7 Å². The molecule has 150 valence electrons. The third-order valence-corrected chi connectivity index (χ3v) is 5.27. The van der Waals surface area contributed by atoms with Crippen molar-refractivity contribution in [2.24, 2.45) is 10.2 Å². The van der Waals surface area contributed by atoms with Gasteiger partial charge in [-0.05, 0) is 45.3 Å².